The van der Waals surface area contributed by atoms with E-state index in [4.69, 9.17) is 5.11 Å². The average molecular weight is 402 g/mol. The number of carbonyl (C=O) groups is 1. The van der Waals surface area contributed by atoms with Crippen molar-refractivity contribution in [3.05, 3.63) is 29.3 Å². The first kappa shape index (κ1) is 19.3. The van der Waals surface area contributed by atoms with Crippen LogP contribution in [0.25, 0.3) is 0 Å². The molecule has 1 aromatic rings. The average Bonchev–Trinajstić information content (AvgIpc) is 3.47. The second-order valence-corrected chi connectivity index (χ2v) is 9.61. The van der Waals surface area contributed by atoms with Gasteiger partial charge in [-0.25, -0.2) is 0 Å². The number of phenols is 1. The van der Waals surface area contributed by atoms with Crippen LogP contribution in [-0.2, 0) is 16.6 Å². The number of aliphatic hydroxyl groups is 2. The molecule has 5 N–H and O–H groups in total. The summed E-state index contributed by atoms with van der Waals surface area (Å²) >= 11 is 0. The second kappa shape index (κ2) is 6.67. The van der Waals surface area contributed by atoms with Crippen molar-refractivity contribution < 1.29 is 25.2 Å². The molecule has 1 aliphatic heterocycles. The molecule has 1 aromatic carbocycles. The third kappa shape index (κ3) is 2.98. The van der Waals surface area contributed by atoms with Crippen LogP contribution in [0.2, 0.25) is 0 Å². The minimum absolute atomic E-state index is 0.0597. The highest BCUT2D eigenvalue weighted by molar-refractivity contribution is 5.69. The smallest absolute Gasteiger partial charge is 0.317 e. The number of rotatable bonds is 5. The van der Waals surface area contributed by atoms with Crippen LogP contribution in [0, 0.1) is 5.92 Å². The van der Waals surface area contributed by atoms with Gasteiger partial charge in [-0.2, -0.15) is 0 Å². The van der Waals surface area contributed by atoms with Gasteiger partial charge >= 0.3 is 5.97 Å². The molecule has 3 aliphatic carbocycles. The lowest BCUT2D eigenvalue weighted by molar-refractivity contribution is -0.190. The standard InChI is InChI=1S/C22H30N2O5/c25-15-4-3-14-7-19-22(29)9-17(23-11-20(27)28)18(26)10-21(22,16(14)8-15)5-6-24(19)12-13-1-2-13/h3-4,8,13,17-19,23,25-26,29H,1-2,5-7,9-12H2,(H,27,28). The number of nitrogens with one attached hydrogen (secondary N) is 1. The van der Waals surface area contributed by atoms with E-state index in [0.717, 1.165) is 30.6 Å². The SMILES string of the molecule is O=C(O)CNC1CC2(O)C3Cc4ccc(O)cc4C2(CCN3CC2CC2)CC1O. The fourth-order valence-electron chi connectivity index (χ4n) is 6.36. The molecule has 158 valence electrons. The summed E-state index contributed by atoms with van der Waals surface area (Å²) in [6.45, 7) is 1.63. The van der Waals surface area contributed by atoms with Crippen LogP contribution in [0.1, 0.15) is 43.2 Å². The van der Waals surface area contributed by atoms with E-state index < -0.39 is 29.1 Å². The molecule has 3 fully saturated rings. The normalized spacial score (nSPS) is 38.9. The summed E-state index contributed by atoms with van der Waals surface area (Å²) in [7, 11) is 0. The molecule has 1 heterocycles. The van der Waals surface area contributed by atoms with Crippen LogP contribution >= 0.6 is 0 Å². The number of aliphatic hydroxyl groups excluding tert-OH is 1. The monoisotopic (exact) mass is 402 g/mol. The lowest BCUT2D eigenvalue weighted by Crippen LogP contribution is -2.76. The number of nitrogens with zero attached hydrogens (tertiary/aromatic N) is 1. The second-order valence-electron chi connectivity index (χ2n) is 9.61. The van der Waals surface area contributed by atoms with Crippen LogP contribution in [0.4, 0.5) is 0 Å². The molecular formula is C22H30N2O5. The molecule has 5 unspecified atom stereocenters. The molecule has 4 aliphatic rings. The van der Waals surface area contributed by atoms with Crippen molar-refractivity contribution in [3.63, 3.8) is 0 Å². The van der Waals surface area contributed by atoms with Gasteiger partial charge in [-0.3, -0.25) is 9.69 Å². The molecule has 5 rings (SSSR count). The summed E-state index contributed by atoms with van der Waals surface area (Å²) in [6, 6.07) is 4.91. The number of aromatic hydroxyl groups is 1. The summed E-state index contributed by atoms with van der Waals surface area (Å²) in [5.41, 5.74) is 0.404. The molecule has 1 saturated heterocycles. The van der Waals surface area contributed by atoms with Gasteiger partial charge in [0, 0.05) is 24.0 Å². The number of aliphatic carboxylic acids is 1. The Labute approximate surface area is 170 Å². The van der Waals surface area contributed by atoms with E-state index in [0.29, 0.717) is 25.2 Å². The number of carboxylic acid groups (broad SMARTS) is 1. The minimum Gasteiger partial charge on any atom is -0.508 e. The van der Waals surface area contributed by atoms with E-state index in [9.17, 15) is 20.1 Å². The van der Waals surface area contributed by atoms with Gasteiger partial charge in [0.05, 0.1) is 18.2 Å². The summed E-state index contributed by atoms with van der Waals surface area (Å²) in [6.07, 6.45) is 3.86. The highest BCUT2D eigenvalue weighted by Crippen LogP contribution is 2.58. The van der Waals surface area contributed by atoms with E-state index in [2.05, 4.69) is 10.2 Å². The van der Waals surface area contributed by atoms with Crippen LogP contribution in [0.3, 0.4) is 0 Å². The molecule has 2 saturated carbocycles. The molecule has 5 atom stereocenters. The highest BCUT2D eigenvalue weighted by atomic mass is 16.4. The predicted molar refractivity (Wildman–Crippen MR) is 106 cm³/mol. The van der Waals surface area contributed by atoms with Crippen molar-refractivity contribution in [1.82, 2.24) is 10.2 Å². The lowest BCUT2D eigenvalue weighted by Gasteiger charge is -2.65. The molecule has 7 heteroatoms. The Hall–Kier alpha value is -1.67. The van der Waals surface area contributed by atoms with Crippen molar-refractivity contribution >= 4 is 5.97 Å². The van der Waals surface area contributed by atoms with E-state index in [1.165, 1.54) is 12.8 Å². The maximum atomic E-state index is 12.2. The molecular weight excluding hydrogens is 372 g/mol. The maximum Gasteiger partial charge on any atom is 0.317 e. The van der Waals surface area contributed by atoms with E-state index in [1.807, 2.05) is 6.07 Å². The predicted octanol–water partition coefficient (Wildman–Crippen LogP) is 0.599. The quantitative estimate of drug-likeness (QED) is 0.490. The summed E-state index contributed by atoms with van der Waals surface area (Å²) < 4.78 is 0. The Bertz CT molecular complexity index is 827. The van der Waals surface area contributed by atoms with Crippen LogP contribution in [0.15, 0.2) is 18.2 Å². The molecule has 0 spiro atoms. The molecule has 2 bridgehead atoms. The largest absolute Gasteiger partial charge is 0.508 e. The third-order valence-electron chi connectivity index (χ3n) is 7.93. The molecule has 0 amide bonds. The first-order valence-corrected chi connectivity index (χ1v) is 10.7. The van der Waals surface area contributed by atoms with Crippen LogP contribution < -0.4 is 5.32 Å². The van der Waals surface area contributed by atoms with E-state index in [1.54, 1.807) is 12.1 Å². The summed E-state index contributed by atoms with van der Waals surface area (Å²) in [5, 5.41) is 45.3. The third-order valence-corrected chi connectivity index (χ3v) is 7.93. The Kier molecular flexibility index (Phi) is 4.44. The fourth-order valence-corrected chi connectivity index (χ4v) is 6.36. The first-order valence-electron chi connectivity index (χ1n) is 10.7. The Balaban J connectivity index is 1.56. The molecule has 29 heavy (non-hydrogen) atoms. The molecule has 0 radical (unpaired) electrons. The number of carboxylic acids is 1. The summed E-state index contributed by atoms with van der Waals surface area (Å²) in [5.74, 6) is -0.0821. The van der Waals surface area contributed by atoms with Crippen molar-refractivity contribution in [1.29, 1.82) is 0 Å². The summed E-state index contributed by atoms with van der Waals surface area (Å²) in [4.78, 5) is 13.5. The highest BCUT2D eigenvalue weighted by Gasteiger charge is 2.66. The van der Waals surface area contributed by atoms with Crippen molar-refractivity contribution in [2.45, 2.75) is 67.7 Å². The zero-order chi connectivity index (χ0) is 20.4. The number of piperidine rings is 1. The van der Waals surface area contributed by atoms with Crippen LogP contribution in [0.5, 0.6) is 5.75 Å². The number of benzene rings is 1. The van der Waals surface area contributed by atoms with Gasteiger partial charge in [-0.15, -0.1) is 0 Å². The zero-order valence-corrected chi connectivity index (χ0v) is 16.5. The maximum absolute atomic E-state index is 12.2. The fraction of sp³-hybridized carbons (Fsp3) is 0.682. The van der Waals surface area contributed by atoms with Gasteiger partial charge in [0.2, 0.25) is 0 Å². The Morgan fingerprint density at radius 2 is 2.07 bits per heavy atom. The Morgan fingerprint density at radius 3 is 2.79 bits per heavy atom. The first-order chi connectivity index (χ1) is 13.8. The molecule has 7 nitrogen and oxygen atoms in total. The topological polar surface area (TPSA) is 113 Å². The number of hydrogen-bond donors (Lipinski definition) is 5. The van der Waals surface area contributed by atoms with Gasteiger partial charge in [-0.1, -0.05) is 6.07 Å². The number of likely N-dealkylation sites (tertiary alicyclic amines) is 1. The van der Waals surface area contributed by atoms with Crippen molar-refractivity contribution in [3.8, 4) is 5.75 Å². The van der Waals surface area contributed by atoms with Crippen molar-refractivity contribution in [2.24, 2.45) is 5.92 Å². The van der Waals surface area contributed by atoms with Crippen LogP contribution in [-0.4, -0.2) is 74.7 Å². The number of hydrogen-bond acceptors (Lipinski definition) is 6. The van der Waals surface area contributed by atoms with Gasteiger partial charge < -0.3 is 25.7 Å². The van der Waals surface area contributed by atoms with Gasteiger partial charge in [0.15, 0.2) is 0 Å². The minimum atomic E-state index is -1.07. The van der Waals surface area contributed by atoms with Gasteiger partial charge in [-0.05, 0) is 74.2 Å². The Morgan fingerprint density at radius 1 is 1.28 bits per heavy atom. The van der Waals surface area contributed by atoms with E-state index >= 15 is 0 Å². The zero-order valence-electron chi connectivity index (χ0n) is 16.5. The molecule has 0 aromatic heterocycles. The van der Waals surface area contributed by atoms with Gasteiger partial charge in [0.25, 0.3) is 0 Å². The van der Waals surface area contributed by atoms with E-state index in [-0.39, 0.29) is 18.3 Å². The lowest BCUT2D eigenvalue weighted by atomic mass is 9.48. The number of fused-ring (bicyclic) bond motifs is 1. The van der Waals surface area contributed by atoms with Gasteiger partial charge in [0.1, 0.15) is 5.75 Å². The van der Waals surface area contributed by atoms with Crippen molar-refractivity contribution in [2.75, 3.05) is 19.6 Å². The number of phenolic OH excluding ortho intramolecular Hbond substituents is 1.